The Balaban J connectivity index is 2.09. The number of aliphatic carboxylic acids is 1. The fourth-order valence-electron chi connectivity index (χ4n) is 2.94. The minimum atomic E-state index is -0.897. The molecule has 0 aliphatic heterocycles. The lowest BCUT2D eigenvalue weighted by molar-refractivity contribution is -0.150. The predicted molar refractivity (Wildman–Crippen MR) is 82.1 cm³/mol. The highest BCUT2D eigenvalue weighted by Gasteiger charge is 2.35. The van der Waals surface area contributed by atoms with Crippen molar-refractivity contribution in [1.82, 2.24) is 14.7 Å². The minimum absolute atomic E-state index is 0.111. The van der Waals surface area contributed by atoms with Gasteiger partial charge in [-0.1, -0.05) is 12.2 Å². The molecular weight excluding hydrogens is 282 g/mol. The Hall–Kier alpha value is -2.11. The number of amides is 1. The average Bonchev–Trinajstić information content (AvgIpc) is 2.86. The summed E-state index contributed by atoms with van der Waals surface area (Å²) in [6.45, 7) is 5.24. The third-order valence-corrected chi connectivity index (χ3v) is 4.35. The van der Waals surface area contributed by atoms with Crippen LogP contribution in [0.25, 0.3) is 0 Å². The maximum Gasteiger partial charge on any atom is 0.307 e. The molecule has 1 N–H and O–H groups in total. The largest absolute Gasteiger partial charge is 0.481 e. The van der Waals surface area contributed by atoms with E-state index < -0.39 is 17.8 Å². The molecule has 22 heavy (non-hydrogen) atoms. The number of hydrogen-bond acceptors (Lipinski definition) is 3. The molecule has 0 spiro atoms. The maximum absolute atomic E-state index is 12.6. The molecule has 2 rings (SSSR count). The second-order valence-electron chi connectivity index (χ2n) is 5.76. The summed E-state index contributed by atoms with van der Waals surface area (Å²) in [5, 5.41) is 13.6. The van der Waals surface area contributed by atoms with Gasteiger partial charge < -0.3 is 10.0 Å². The topological polar surface area (TPSA) is 75.4 Å². The quantitative estimate of drug-likeness (QED) is 0.842. The van der Waals surface area contributed by atoms with Crippen LogP contribution < -0.4 is 0 Å². The fraction of sp³-hybridized carbons (Fsp3) is 0.562. The first-order valence-corrected chi connectivity index (χ1v) is 7.59. The smallest absolute Gasteiger partial charge is 0.307 e. The summed E-state index contributed by atoms with van der Waals surface area (Å²) in [4.78, 5) is 25.5. The molecule has 0 radical (unpaired) electrons. The summed E-state index contributed by atoms with van der Waals surface area (Å²) >= 11 is 0. The highest BCUT2D eigenvalue weighted by atomic mass is 16.4. The van der Waals surface area contributed by atoms with Gasteiger partial charge in [-0.05, 0) is 26.7 Å². The van der Waals surface area contributed by atoms with E-state index in [-0.39, 0.29) is 5.91 Å². The second kappa shape index (κ2) is 6.77. The lowest BCUT2D eigenvalue weighted by Gasteiger charge is -2.28. The van der Waals surface area contributed by atoms with Crippen molar-refractivity contribution >= 4 is 11.9 Å². The molecule has 0 saturated heterocycles. The molecule has 1 aromatic heterocycles. The Bertz CT molecular complexity index is 591. The molecule has 0 fully saturated rings. The van der Waals surface area contributed by atoms with Crippen LogP contribution in [0.15, 0.2) is 18.3 Å². The van der Waals surface area contributed by atoms with Crippen LogP contribution in [0.2, 0.25) is 0 Å². The molecule has 0 bridgehead atoms. The minimum Gasteiger partial charge on any atom is -0.481 e. The van der Waals surface area contributed by atoms with Crippen LogP contribution in [-0.4, -0.2) is 38.7 Å². The molecule has 6 heteroatoms. The Labute approximate surface area is 130 Å². The molecule has 1 heterocycles. The van der Waals surface area contributed by atoms with Gasteiger partial charge in [-0.15, -0.1) is 0 Å². The zero-order valence-electron chi connectivity index (χ0n) is 13.3. The van der Waals surface area contributed by atoms with Gasteiger partial charge in [0.2, 0.25) is 5.91 Å². The van der Waals surface area contributed by atoms with Crippen molar-refractivity contribution in [3.05, 3.63) is 29.6 Å². The van der Waals surface area contributed by atoms with Crippen LogP contribution in [0.5, 0.6) is 0 Å². The first-order valence-electron chi connectivity index (χ1n) is 7.59. The van der Waals surface area contributed by atoms with Crippen LogP contribution >= 0.6 is 0 Å². The van der Waals surface area contributed by atoms with Crippen molar-refractivity contribution in [3.8, 4) is 0 Å². The third-order valence-electron chi connectivity index (χ3n) is 4.35. The fourth-order valence-corrected chi connectivity index (χ4v) is 2.94. The molecule has 1 aliphatic rings. The molecule has 0 saturated carbocycles. The zero-order chi connectivity index (χ0) is 16.3. The van der Waals surface area contributed by atoms with Gasteiger partial charge in [0.1, 0.15) is 0 Å². The Kier molecular flexibility index (Phi) is 5.00. The van der Waals surface area contributed by atoms with Crippen molar-refractivity contribution in [3.63, 3.8) is 0 Å². The zero-order valence-corrected chi connectivity index (χ0v) is 13.3. The van der Waals surface area contributed by atoms with Gasteiger partial charge in [-0.3, -0.25) is 14.3 Å². The number of allylic oxidation sites excluding steroid dienone is 2. The summed E-state index contributed by atoms with van der Waals surface area (Å²) in [7, 11) is 1.72. The molecule has 1 aromatic rings. The number of carboxylic acid groups (broad SMARTS) is 1. The predicted octanol–water partition coefficient (Wildman–Crippen LogP) is 1.84. The molecule has 0 unspecified atom stereocenters. The van der Waals surface area contributed by atoms with E-state index in [1.165, 1.54) is 0 Å². The summed E-state index contributed by atoms with van der Waals surface area (Å²) in [5.41, 5.74) is 2.04. The van der Waals surface area contributed by atoms with Gasteiger partial charge >= 0.3 is 5.97 Å². The Morgan fingerprint density at radius 3 is 2.55 bits per heavy atom. The molecular formula is C16H23N3O3. The second-order valence-corrected chi connectivity index (χ2v) is 5.76. The number of rotatable bonds is 5. The van der Waals surface area contributed by atoms with E-state index in [9.17, 15) is 14.7 Å². The van der Waals surface area contributed by atoms with Crippen molar-refractivity contribution in [1.29, 1.82) is 0 Å². The summed E-state index contributed by atoms with van der Waals surface area (Å²) in [6, 6.07) is 0. The molecule has 1 amide bonds. The molecule has 2 atom stereocenters. The Morgan fingerprint density at radius 2 is 2.00 bits per heavy atom. The van der Waals surface area contributed by atoms with Crippen LogP contribution in [0.1, 0.15) is 31.0 Å². The molecule has 120 valence electrons. The van der Waals surface area contributed by atoms with E-state index in [4.69, 9.17) is 0 Å². The molecule has 0 aromatic carbocycles. The summed E-state index contributed by atoms with van der Waals surface area (Å²) in [5.74, 6) is -2.11. The normalized spacial score (nSPS) is 20.9. The van der Waals surface area contributed by atoms with E-state index in [2.05, 4.69) is 5.10 Å². The van der Waals surface area contributed by atoms with Gasteiger partial charge in [0, 0.05) is 31.4 Å². The van der Waals surface area contributed by atoms with E-state index in [0.29, 0.717) is 19.4 Å². The number of aromatic nitrogens is 2. The van der Waals surface area contributed by atoms with Crippen molar-refractivity contribution in [2.75, 3.05) is 7.05 Å². The Morgan fingerprint density at radius 1 is 1.36 bits per heavy atom. The number of aryl methyl sites for hydroxylation is 1. The van der Waals surface area contributed by atoms with E-state index >= 15 is 0 Å². The van der Waals surface area contributed by atoms with Crippen molar-refractivity contribution in [2.45, 2.75) is 39.8 Å². The number of nitrogens with zero attached hydrogens (tertiary/aromatic N) is 3. The third kappa shape index (κ3) is 3.21. The lowest BCUT2D eigenvalue weighted by atomic mass is 9.82. The van der Waals surface area contributed by atoms with Crippen LogP contribution in [0.4, 0.5) is 0 Å². The standard InChI is InChI=1S/C16H23N3O3/c1-4-19-11(2)12(9-17-19)10-18(3)15(20)13-7-5-6-8-14(13)16(21)22/h5-6,9,13-14H,4,7-8,10H2,1-3H3,(H,21,22)/t13-,14-/m1/s1. The van der Waals surface area contributed by atoms with Crippen molar-refractivity contribution < 1.29 is 14.7 Å². The number of carboxylic acids is 1. The van der Waals surface area contributed by atoms with Gasteiger partial charge in [-0.25, -0.2) is 0 Å². The van der Waals surface area contributed by atoms with Gasteiger partial charge in [0.15, 0.2) is 0 Å². The van der Waals surface area contributed by atoms with Crippen LogP contribution in [-0.2, 0) is 22.7 Å². The van der Waals surface area contributed by atoms with Gasteiger partial charge in [0.05, 0.1) is 18.0 Å². The molecule has 1 aliphatic carbocycles. The summed E-state index contributed by atoms with van der Waals surface area (Å²) in [6.07, 6.45) is 6.44. The average molecular weight is 305 g/mol. The van der Waals surface area contributed by atoms with Gasteiger partial charge in [0.25, 0.3) is 0 Å². The number of carbonyl (C=O) groups is 2. The number of hydrogen-bond donors (Lipinski definition) is 1. The maximum atomic E-state index is 12.6. The molecule has 6 nitrogen and oxygen atoms in total. The SMILES string of the molecule is CCn1ncc(CN(C)C(=O)[C@@H]2CC=CC[C@H]2C(=O)O)c1C. The first kappa shape index (κ1) is 16.3. The van der Waals surface area contributed by atoms with Crippen LogP contribution in [0.3, 0.4) is 0 Å². The summed E-state index contributed by atoms with van der Waals surface area (Å²) < 4.78 is 1.89. The van der Waals surface area contributed by atoms with E-state index in [1.54, 1.807) is 18.1 Å². The monoisotopic (exact) mass is 305 g/mol. The van der Waals surface area contributed by atoms with E-state index in [1.807, 2.05) is 30.7 Å². The lowest BCUT2D eigenvalue weighted by Crippen LogP contribution is -2.39. The first-order chi connectivity index (χ1) is 10.5. The van der Waals surface area contributed by atoms with Gasteiger partial charge in [-0.2, -0.15) is 5.10 Å². The highest BCUT2D eigenvalue weighted by Crippen LogP contribution is 2.28. The number of carbonyl (C=O) groups excluding carboxylic acids is 1. The van der Waals surface area contributed by atoms with Crippen molar-refractivity contribution in [2.24, 2.45) is 11.8 Å². The van der Waals surface area contributed by atoms with Crippen LogP contribution in [0, 0.1) is 18.8 Å². The highest BCUT2D eigenvalue weighted by molar-refractivity contribution is 5.85. The van der Waals surface area contributed by atoms with E-state index in [0.717, 1.165) is 17.8 Å².